The normalized spacial score (nSPS) is 10.6. The molecule has 3 N–H and O–H groups in total. The maximum Gasteiger partial charge on any atom is 0.323 e. The summed E-state index contributed by atoms with van der Waals surface area (Å²) in [4.78, 5) is 28.3. The third-order valence-electron chi connectivity index (χ3n) is 4.62. The lowest BCUT2D eigenvalue weighted by molar-refractivity contribution is 0.0958. The molecule has 0 saturated heterocycles. The molecule has 0 aliphatic carbocycles. The lowest BCUT2D eigenvalue weighted by Gasteiger charge is -2.12. The van der Waals surface area contributed by atoms with Crippen LogP contribution in [0.1, 0.15) is 10.5 Å². The fourth-order valence-electron chi connectivity index (χ4n) is 3.05. The molecule has 0 unspecified atom stereocenters. The van der Waals surface area contributed by atoms with Crippen LogP contribution in [0, 0.1) is 0 Å². The number of hydrogen-bond acceptors (Lipinski definition) is 5. The van der Waals surface area contributed by atoms with E-state index in [0.717, 1.165) is 10.9 Å². The number of aryl methyl sites for hydroxylation is 1. The van der Waals surface area contributed by atoms with Crippen LogP contribution in [0.3, 0.4) is 0 Å². The topological polar surface area (TPSA) is 110 Å². The number of aromatic nitrogens is 3. The van der Waals surface area contributed by atoms with Crippen molar-refractivity contribution in [3.05, 3.63) is 71.6 Å². The van der Waals surface area contributed by atoms with E-state index in [9.17, 15) is 9.59 Å². The van der Waals surface area contributed by atoms with Gasteiger partial charge in [-0.2, -0.15) is 5.10 Å². The fourth-order valence-corrected chi connectivity index (χ4v) is 3.22. The predicted molar refractivity (Wildman–Crippen MR) is 123 cm³/mol. The van der Waals surface area contributed by atoms with Gasteiger partial charge < -0.3 is 20.7 Å². The highest BCUT2D eigenvalue weighted by atomic mass is 35.5. The van der Waals surface area contributed by atoms with E-state index in [1.807, 2.05) is 19.2 Å². The van der Waals surface area contributed by atoms with E-state index >= 15 is 0 Å². The van der Waals surface area contributed by atoms with Gasteiger partial charge in [0.25, 0.3) is 5.91 Å². The molecule has 0 aliphatic rings. The lowest BCUT2D eigenvalue weighted by Crippen LogP contribution is -2.19. The number of nitrogens with zero attached hydrogens (tertiary/aromatic N) is 3. The molecule has 32 heavy (non-hydrogen) atoms. The number of benzene rings is 2. The Morgan fingerprint density at radius 1 is 1.03 bits per heavy atom. The number of nitrogens with one attached hydrogen (secondary N) is 3. The minimum atomic E-state index is -0.460. The molecule has 9 nitrogen and oxygen atoms in total. The van der Waals surface area contributed by atoms with E-state index in [2.05, 4.69) is 26.0 Å². The molecule has 2 aromatic carbocycles. The summed E-state index contributed by atoms with van der Waals surface area (Å²) >= 11 is 6.24. The molecule has 0 saturated carbocycles. The summed E-state index contributed by atoms with van der Waals surface area (Å²) < 4.78 is 7.55. The van der Waals surface area contributed by atoms with Gasteiger partial charge in [-0.05, 0) is 36.4 Å². The molecular formula is C22H19ClN6O3. The first-order valence-electron chi connectivity index (χ1n) is 9.58. The van der Waals surface area contributed by atoms with Crippen molar-refractivity contribution < 1.29 is 14.3 Å². The number of urea groups is 1. The highest BCUT2D eigenvalue weighted by molar-refractivity contribution is 6.33. The fraction of sp³-hybridized carbons (Fsp3) is 0.0909. The summed E-state index contributed by atoms with van der Waals surface area (Å²) in [5.41, 5.74) is 2.16. The van der Waals surface area contributed by atoms with Gasteiger partial charge in [-0.15, -0.1) is 0 Å². The zero-order valence-corrected chi connectivity index (χ0v) is 18.0. The first kappa shape index (κ1) is 21.1. The van der Waals surface area contributed by atoms with Gasteiger partial charge in [0.1, 0.15) is 17.2 Å². The van der Waals surface area contributed by atoms with Gasteiger partial charge in [-0.1, -0.05) is 11.6 Å². The van der Waals surface area contributed by atoms with E-state index in [1.54, 1.807) is 41.2 Å². The Morgan fingerprint density at radius 2 is 1.84 bits per heavy atom. The van der Waals surface area contributed by atoms with Gasteiger partial charge >= 0.3 is 6.03 Å². The van der Waals surface area contributed by atoms with Crippen molar-refractivity contribution in [3.8, 4) is 11.5 Å². The van der Waals surface area contributed by atoms with E-state index in [-0.39, 0.29) is 11.6 Å². The SMILES string of the molecule is CNC(=O)c1cc(Oc2ccc(Cl)c(NC(=O)Nc3ccc4c(cnn4C)c3)c2)ccn1. The molecule has 162 valence electrons. The molecule has 0 spiro atoms. The summed E-state index contributed by atoms with van der Waals surface area (Å²) in [6.07, 6.45) is 3.20. The number of hydrogen-bond donors (Lipinski definition) is 3. The Labute approximate surface area is 188 Å². The number of anilines is 2. The van der Waals surface area contributed by atoms with E-state index in [1.165, 1.54) is 19.3 Å². The molecule has 2 aromatic heterocycles. The number of halogens is 1. The summed E-state index contributed by atoms with van der Waals surface area (Å²) in [6.45, 7) is 0. The number of carbonyl (C=O) groups is 2. The molecule has 0 fully saturated rings. The van der Waals surface area contributed by atoms with Crippen molar-refractivity contribution in [3.63, 3.8) is 0 Å². The molecular weight excluding hydrogens is 432 g/mol. The zero-order valence-electron chi connectivity index (χ0n) is 17.2. The second-order valence-corrected chi connectivity index (χ2v) is 7.23. The number of carbonyl (C=O) groups excluding carboxylic acids is 2. The number of amides is 3. The molecule has 0 radical (unpaired) electrons. The Morgan fingerprint density at radius 3 is 2.66 bits per heavy atom. The van der Waals surface area contributed by atoms with Crippen LogP contribution in [-0.2, 0) is 7.05 Å². The third-order valence-corrected chi connectivity index (χ3v) is 4.95. The number of pyridine rings is 1. The average molecular weight is 451 g/mol. The number of ether oxygens (including phenoxy) is 1. The van der Waals surface area contributed by atoms with Crippen molar-refractivity contribution in [2.75, 3.05) is 17.7 Å². The first-order chi connectivity index (χ1) is 15.4. The van der Waals surface area contributed by atoms with Crippen LogP contribution < -0.4 is 20.7 Å². The minimum absolute atomic E-state index is 0.224. The summed E-state index contributed by atoms with van der Waals surface area (Å²) in [6, 6.07) is 13.0. The van der Waals surface area contributed by atoms with Gasteiger partial charge in [0.05, 0.1) is 22.4 Å². The van der Waals surface area contributed by atoms with Gasteiger partial charge in [0.15, 0.2) is 0 Å². The first-order valence-corrected chi connectivity index (χ1v) is 9.96. The highest BCUT2D eigenvalue weighted by Gasteiger charge is 2.11. The van der Waals surface area contributed by atoms with Crippen LogP contribution >= 0.6 is 11.6 Å². The molecule has 3 amide bonds. The standard InChI is InChI=1S/C22H19ClN6O3/c1-24-21(30)19-11-16(7-8-25-19)32-15-4-5-17(23)18(10-15)28-22(31)27-14-3-6-20-13(9-14)12-26-29(20)2/h3-12H,1-2H3,(H,24,30)(H2,27,28,31). The van der Waals surface area contributed by atoms with Gasteiger partial charge in [-0.25, -0.2) is 4.79 Å². The number of rotatable bonds is 5. The Balaban J connectivity index is 1.47. The summed E-state index contributed by atoms with van der Waals surface area (Å²) in [5, 5.41) is 13.4. The third kappa shape index (κ3) is 4.62. The largest absolute Gasteiger partial charge is 0.457 e. The van der Waals surface area contributed by atoms with E-state index in [4.69, 9.17) is 16.3 Å². The maximum atomic E-state index is 12.5. The predicted octanol–water partition coefficient (Wildman–Crippen LogP) is 4.42. The minimum Gasteiger partial charge on any atom is -0.457 e. The smallest absolute Gasteiger partial charge is 0.323 e. The Bertz CT molecular complexity index is 1320. The second-order valence-electron chi connectivity index (χ2n) is 6.82. The second kappa shape index (κ2) is 8.94. The molecule has 0 bridgehead atoms. The van der Waals surface area contributed by atoms with E-state index in [0.29, 0.717) is 27.9 Å². The van der Waals surface area contributed by atoms with Crippen molar-refractivity contribution in [2.24, 2.45) is 7.05 Å². The van der Waals surface area contributed by atoms with Gasteiger partial charge in [0, 0.05) is 43.5 Å². The molecule has 4 aromatic rings. The van der Waals surface area contributed by atoms with Gasteiger partial charge in [-0.3, -0.25) is 14.5 Å². The molecule has 4 rings (SSSR count). The summed E-state index contributed by atoms with van der Waals surface area (Å²) in [7, 11) is 3.37. The van der Waals surface area contributed by atoms with Crippen LogP contribution in [0.5, 0.6) is 11.5 Å². The van der Waals surface area contributed by atoms with Crippen molar-refractivity contribution >= 4 is 45.8 Å². The molecule has 0 aliphatic heterocycles. The zero-order chi connectivity index (χ0) is 22.7. The van der Waals surface area contributed by atoms with Crippen LogP contribution in [0.25, 0.3) is 10.9 Å². The van der Waals surface area contributed by atoms with Crippen molar-refractivity contribution in [1.29, 1.82) is 0 Å². The van der Waals surface area contributed by atoms with Crippen LogP contribution in [-0.4, -0.2) is 33.8 Å². The van der Waals surface area contributed by atoms with Crippen LogP contribution in [0.4, 0.5) is 16.2 Å². The van der Waals surface area contributed by atoms with Gasteiger partial charge in [0.2, 0.25) is 0 Å². The quantitative estimate of drug-likeness (QED) is 0.417. The highest BCUT2D eigenvalue weighted by Crippen LogP contribution is 2.30. The van der Waals surface area contributed by atoms with Crippen molar-refractivity contribution in [1.82, 2.24) is 20.1 Å². The molecule has 2 heterocycles. The lowest BCUT2D eigenvalue weighted by atomic mass is 10.2. The molecule has 0 atom stereocenters. The number of fused-ring (bicyclic) bond motifs is 1. The Hall–Kier alpha value is -4.11. The van der Waals surface area contributed by atoms with E-state index < -0.39 is 6.03 Å². The Kier molecular flexibility index (Phi) is 5.91. The average Bonchev–Trinajstić information content (AvgIpc) is 3.15. The molecule has 10 heteroatoms. The summed E-state index contributed by atoms with van der Waals surface area (Å²) in [5.74, 6) is 0.520. The maximum absolute atomic E-state index is 12.5. The van der Waals surface area contributed by atoms with Crippen molar-refractivity contribution in [2.45, 2.75) is 0 Å². The monoisotopic (exact) mass is 450 g/mol. The van der Waals surface area contributed by atoms with Crippen LogP contribution in [0.2, 0.25) is 5.02 Å². The van der Waals surface area contributed by atoms with Crippen LogP contribution in [0.15, 0.2) is 60.9 Å².